The van der Waals surface area contributed by atoms with E-state index in [2.05, 4.69) is 57.0 Å². The van der Waals surface area contributed by atoms with Crippen molar-refractivity contribution in [3.05, 3.63) is 152 Å². The zero-order valence-electron chi connectivity index (χ0n) is 24.5. The molecule has 3 heterocycles. The molecule has 4 aromatic carbocycles. The van der Waals surface area contributed by atoms with E-state index in [1.165, 1.54) is 22.8 Å². The van der Waals surface area contributed by atoms with Gasteiger partial charge in [-0.25, -0.2) is 4.39 Å². The number of aromatic nitrogens is 2. The molecule has 0 saturated heterocycles. The molecule has 7 rings (SSSR count). The summed E-state index contributed by atoms with van der Waals surface area (Å²) in [5.74, 6) is 8.15. The highest BCUT2D eigenvalue weighted by atomic mass is 35.5. The summed E-state index contributed by atoms with van der Waals surface area (Å²) in [5.41, 5.74) is 14.5. The second-order valence-corrected chi connectivity index (χ2v) is 11.2. The molecule has 2 aromatic heterocycles. The van der Waals surface area contributed by atoms with Crippen molar-refractivity contribution in [3.63, 3.8) is 0 Å². The predicted octanol–water partition coefficient (Wildman–Crippen LogP) is 6.18. The van der Waals surface area contributed by atoms with Crippen LogP contribution in [0.4, 0.5) is 4.39 Å². The van der Waals surface area contributed by atoms with E-state index in [1.54, 1.807) is 24.5 Å². The van der Waals surface area contributed by atoms with E-state index in [0.29, 0.717) is 28.8 Å². The third kappa shape index (κ3) is 8.00. The highest BCUT2D eigenvalue weighted by Gasteiger charge is 2.13. The molecular weight excluding hydrogens is 624 g/mol. The standard InChI is InChI=1S/C18H14ClN3.C17H10ClFN2.H4N2.H2O/c19-15-8-14-6-11(2-4-17(14)21-10-15)5-12-1-3-13-9-22-18(20)16(13)7-12;18-15-8-13-6-12(2-4-17(13)21-10-15)5-11-1-3-16(19)14(7-11)9-20;1-2;/h1-4,6-8,10H,5,9H2,(H2,20,22);1-4,6-8,10H,5H2;1-2H2;1H2. The predicted molar refractivity (Wildman–Crippen MR) is 183 cm³/mol. The van der Waals surface area contributed by atoms with Gasteiger partial charge in [0.2, 0.25) is 0 Å². The quantitative estimate of drug-likeness (QED) is 0.151. The van der Waals surface area contributed by atoms with Crippen molar-refractivity contribution in [1.82, 2.24) is 9.97 Å². The van der Waals surface area contributed by atoms with Crippen LogP contribution in [0.3, 0.4) is 0 Å². The van der Waals surface area contributed by atoms with Gasteiger partial charge in [-0.15, -0.1) is 0 Å². The first-order chi connectivity index (χ1) is 21.8. The van der Waals surface area contributed by atoms with Crippen LogP contribution >= 0.6 is 23.2 Å². The fourth-order valence-corrected chi connectivity index (χ4v) is 5.47. The summed E-state index contributed by atoms with van der Waals surface area (Å²) in [6.45, 7) is 0.696. The topological polar surface area (TPSA) is 171 Å². The second-order valence-electron chi connectivity index (χ2n) is 10.3. The van der Waals surface area contributed by atoms with Gasteiger partial charge < -0.3 is 11.2 Å². The molecule has 1 aliphatic heterocycles. The van der Waals surface area contributed by atoms with Gasteiger partial charge in [0.05, 0.1) is 33.2 Å². The maximum Gasteiger partial charge on any atom is 0.140 e. The summed E-state index contributed by atoms with van der Waals surface area (Å²) in [5, 5.41) is 12.1. The number of nitrogens with two attached hydrogens (primary N) is 3. The van der Waals surface area contributed by atoms with Crippen LogP contribution in [0.2, 0.25) is 10.0 Å². The molecule has 0 aliphatic carbocycles. The van der Waals surface area contributed by atoms with E-state index < -0.39 is 5.82 Å². The van der Waals surface area contributed by atoms with Gasteiger partial charge >= 0.3 is 0 Å². The average Bonchev–Trinajstić information content (AvgIpc) is 3.42. The molecule has 8 N–H and O–H groups in total. The summed E-state index contributed by atoms with van der Waals surface area (Å²) in [6, 6.07) is 28.8. The van der Waals surface area contributed by atoms with Crippen LogP contribution in [0.15, 0.2) is 102 Å². The van der Waals surface area contributed by atoms with E-state index in [4.69, 9.17) is 34.2 Å². The van der Waals surface area contributed by atoms with Crippen LogP contribution in [-0.4, -0.2) is 21.3 Å². The lowest BCUT2D eigenvalue weighted by molar-refractivity contribution is 0.623. The Balaban J connectivity index is 0.000000194. The van der Waals surface area contributed by atoms with Gasteiger partial charge in [-0.1, -0.05) is 53.5 Å². The molecule has 232 valence electrons. The fraction of sp³-hybridized carbons (Fsp3) is 0.0857. The number of nitrogens with zero attached hydrogens (tertiary/aromatic N) is 4. The van der Waals surface area contributed by atoms with Crippen molar-refractivity contribution < 1.29 is 9.87 Å². The van der Waals surface area contributed by atoms with Crippen LogP contribution < -0.4 is 17.4 Å². The summed E-state index contributed by atoms with van der Waals surface area (Å²) in [7, 11) is 0. The molecule has 6 aromatic rings. The lowest BCUT2D eigenvalue weighted by Gasteiger charge is -2.07. The lowest BCUT2D eigenvalue weighted by Crippen LogP contribution is -2.10. The SMILES string of the molecule is N#Cc1cc(Cc2ccc3ncc(Cl)cc3c2)ccc1F.NC1=NCc2ccc(Cc3ccc4ncc(Cl)cc4c3)cc21.NN.O. The van der Waals surface area contributed by atoms with E-state index in [-0.39, 0.29) is 11.0 Å². The molecule has 0 spiro atoms. The molecule has 0 unspecified atom stereocenters. The molecule has 0 atom stereocenters. The van der Waals surface area contributed by atoms with Crippen molar-refractivity contribution in [2.75, 3.05) is 0 Å². The molecule has 1 aliphatic rings. The number of hydrogen-bond acceptors (Lipinski definition) is 7. The third-order valence-corrected chi connectivity index (χ3v) is 7.68. The van der Waals surface area contributed by atoms with Crippen LogP contribution in [0, 0.1) is 17.1 Å². The highest BCUT2D eigenvalue weighted by molar-refractivity contribution is 6.31. The van der Waals surface area contributed by atoms with E-state index in [0.717, 1.165) is 44.9 Å². The minimum absolute atomic E-state index is 0. The van der Waals surface area contributed by atoms with E-state index in [9.17, 15) is 4.39 Å². The Morgan fingerprint density at radius 1 is 0.717 bits per heavy atom. The molecular formula is C35H30Cl2FN7O. The van der Waals surface area contributed by atoms with E-state index in [1.807, 2.05) is 42.5 Å². The molecule has 0 bridgehead atoms. The summed E-state index contributed by atoms with van der Waals surface area (Å²) in [6.07, 6.45) is 4.76. The number of halogens is 3. The minimum atomic E-state index is -0.490. The number of hydrogen-bond donors (Lipinski definition) is 3. The number of pyridine rings is 2. The van der Waals surface area contributed by atoms with Crippen molar-refractivity contribution >= 4 is 50.8 Å². The number of hydrazine groups is 1. The first kappa shape index (κ1) is 33.9. The number of aliphatic imine (C=N–C) groups is 1. The van der Waals surface area contributed by atoms with Gasteiger partial charge in [-0.05, 0) is 95.3 Å². The summed E-state index contributed by atoms with van der Waals surface area (Å²) >= 11 is 12.0. The summed E-state index contributed by atoms with van der Waals surface area (Å²) < 4.78 is 13.3. The largest absolute Gasteiger partial charge is 0.412 e. The van der Waals surface area contributed by atoms with Gasteiger partial charge in [0.1, 0.15) is 17.7 Å². The van der Waals surface area contributed by atoms with E-state index >= 15 is 0 Å². The molecule has 0 radical (unpaired) electrons. The van der Waals surface area contributed by atoms with Crippen LogP contribution in [0.1, 0.15) is 38.9 Å². The molecule has 11 heteroatoms. The van der Waals surface area contributed by atoms with Crippen molar-refractivity contribution in [1.29, 1.82) is 5.26 Å². The van der Waals surface area contributed by atoms with Crippen molar-refractivity contribution in [2.24, 2.45) is 22.4 Å². The lowest BCUT2D eigenvalue weighted by atomic mass is 9.99. The number of benzene rings is 4. The smallest absolute Gasteiger partial charge is 0.140 e. The highest BCUT2D eigenvalue weighted by Crippen LogP contribution is 2.24. The van der Waals surface area contributed by atoms with Crippen molar-refractivity contribution in [3.8, 4) is 6.07 Å². The van der Waals surface area contributed by atoms with Gasteiger partial charge in [-0.2, -0.15) is 5.26 Å². The van der Waals surface area contributed by atoms with Crippen LogP contribution in [0.5, 0.6) is 0 Å². The molecule has 46 heavy (non-hydrogen) atoms. The first-order valence-corrected chi connectivity index (χ1v) is 14.6. The Morgan fingerprint density at radius 3 is 1.78 bits per heavy atom. The average molecular weight is 655 g/mol. The normalized spacial score (nSPS) is 11.3. The monoisotopic (exact) mass is 653 g/mol. The van der Waals surface area contributed by atoms with Gasteiger partial charge in [0, 0.05) is 28.7 Å². The Hall–Kier alpha value is -4.95. The van der Waals surface area contributed by atoms with Gasteiger partial charge in [-0.3, -0.25) is 26.6 Å². The Labute approximate surface area is 275 Å². The second kappa shape index (κ2) is 15.4. The van der Waals surface area contributed by atoms with Crippen LogP contribution in [0.25, 0.3) is 21.8 Å². The number of fused-ring (bicyclic) bond motifs is 3. The Morgan fingerprint density at radius 2 is 1.22 bits per heavy atom. The fourth-order valence-electron chi connectivity index (χ4n) is 5.13. The maximum atomic E-state index is 13.3. The number of amidine groups is 1. The first-order valence-electron chi connectivity index (χ1n) is 13.9. The summed E-state index contributed by atoms with van der Waals surface area (Å²) in [4.78, 5) is 12.8. The Kier molecular flexibility index (Phi) is 11.3. The number of rotatable bonds is 4. The third-order valence-electron chi connectivity index (χ3n) is 7.26. The van der Waals surface area contributed by atoms with Crippen molar-refractivity contribution in [2.45, 2.75) is 19.4 Å². The maximum absolute atomic E-state index is 13.3. The van der Waals surface area contributed by atoms with Gasteiger partial charge in [0.15, 0.2) is 0 Å². The molecule has 0 saturated carbocycles. The van der Waals surface area contributed by atoms with Gasteiger partial charge in [0.25, 0.3) is 0 Å². The minimum Gasteiger partial charge on any atom is -0.412 e. The Bertz CT molecular complexity index is 2100. The molecule has 8 nitrogen and oxygen atoms in total. The molecule has 0 fully saturated rings. The number of nitriles is 1. The van der Waals surface area contributed by atoms with Crippen LogP contribution in [-0.2, 0) is 19.4 Å². The molecule has 0 amide bonds. The zero-order chi connectivity index (χ0) is 31.9. The zero-order valence-corrected chi connectivity index (χ0v) is 26.0.